The summed E-state index contributed by atoms with van der Waals surface area (Å²) in [5, 5.41) is 20.6. The molecule has 2 atom stereocenters. The normalized spacial score (nSPS) is 13.7. The van der Waals surface area contributed by atoms with Gasteiger partial charge in [-0.1, -0.05) is 0 Å². The van der Waals surface area contributed by atoms with E-state index < -0.39 is 65.6 Å². The minimum Gasteiger partial charge on any atom is -0.389 e. The molecule has 23 heavy (non-hydrogen) atoms. The topological polar surface area (TPSA) is 95.6 Å². The number of benzene rings is 1. The number of aliphatic hydroxyl groups is 2. The predicted octanol–water partition coefficient (Wildman–Crippen LogP) is 0.111. The number of hydrogen-bond donors (Lipinski definition) is 4. The number of amides is 1. The molecule has 0 aliphatic heterocycles. The van der Waals surface area contributed by atoms with Gasteiger partial charge in [0.05, 0.1) is 12.2 Å². The number of nitrogens with one attached hydrogen (secondary N) is 1. The van der Waals surface area contributed by atoms with E-state index in [0.717, 1.165) is 0 Å². The predicted molar refractivity (Wildman–Crippen MR) is 68.6 cm³/mol. The van der Waals surface area contributed by atoms with Gasteiger partial charge in [0.2, 0.25) is 11.7 Å². The van der Waals surface area contributed by atoms with Crippen molar-refractivity contribution in [3.8, 4) is 0 Å². The van der Waals surface area contributed by atoms with E-state index in [1.807, 2.05) is 0 Å². The van der Waals surface area contributed by atoms with Crippen molar-refractivity contribution in [3.63, 3.8) is 0 Å². The van der Waals surface area contributed by atoms with Gasteiger partial charge in [-0.2, -0.15) is 0 Å². The van der Waals surface area contributed by atoms with Gasteiger partial charge in [0.25, 0.3) is 0 Å². The van der Waals surface area contributed by atoms with E-state index in [1.165, 1.54) is 0 Å². The standard InChI is InChI=1S/C13H15F5N2O3/c14-9-5(10(15)12(17)13(18)11(9)16)1-2-8(23)20-4-7(22)6(21)3-19/h6-7,21-22H,1-4,19H2,(H,20,23). The summed E-state index contributed by atoms with van der Waals surface area (Å²) in [6, 6.07) is 0. The van der Waals surface area contributed by atoms with E-state index in [0.29, 0.717) is 0 Å². The van der Waals surface area contributed by atoms with Crippen LogP contribution >= 0.6 is 0 Å². The Kier molecular flexibility index (Phi) is 6.85. The van der Waals surface area contributed by atoms with E-state index in [4.69, 9.17) is 10.8 Å². The fourth-order valence-corrected chi connectivity index (χ4v) is 1.71. The highest BCUT2D eigenvalue weighted by Crippen LogP contribution is 2.23. The second-order valence-corrected chi connectivity index (χ2v) is 4.72. The van der Waals surface area contributed by atoms with Crippen LogP contribution in [0.4, 0.5) is 22.0 Å². The molecule has 1 aromatic carbocycles. The van der Waals surface area contributed by atoms with Crippen molar-refractivity contribution in [2.75, 3.05) is 13.1 Å². The molecule has 0 spiro atoms. The van der Waals surface area contributed by atoms with Crippen LogP contribution in [0.15, 0.2) is 0 Å². The molecule has 10 heteroatoms. The fourth-order valence-electron chi connectivity index (χ4n) is 1.71. The van der Waals surface area contributed by atoms with Crippen LogP contribution < -0.4 is 11.1 Å². The zero-order valence-electron chi connectivity index (χ0n) is 11.8. The van der Waals surface area contributed by atoms with Crippen molar-refractivity contribution in [1.29, 1.82) is 0 Å². The van der Waals surface area contributed by atoms with Crippen LogP contribution in [0.3, 0.4) is 0 Å². The lowest BCUT2D eigenvalue weighted by molar-refractivity contribution is -0.121. The van der Waals surface area contributed by atoms with Crippen LogP contribution in [-0.4, -0.2) is 41.4 Å². The average molecular weight is 342 g/mol. The molecule has 0 aliphatic carbocycles. The van der Waals surface area contributed by atoms with Gasteiger partial charge in [0, 0.05) is 25.1 Å². The van der Waals surface area contributed by atoms with Crippen molar-refractivity contribution in [3.05, 3.63) is 34.6 Å². The lowest BCUT2D eigenvalue weighted by atomic mass is 10.1. The summed E-state index contributed by atoms with van der Waals surface area (Å²) >= 11 is 0. The highest BCUT2D eigenvalue weighted by molar-refractivity contribution is 5.76. The summed E-state index contributed by atoms with van der Waals surface area (Å²) in [6.45, 7) is -0.629. The van der Waals surface area contributed by atoms with Crippen LogP contribution in [0.2, 0.25) is 0 Å². The van der Waals surface area contributed by atoms with E-state index in [1.54, 1.807) is 0 Å². The first kappa shape index (κ1) is 19.3. The molecule has 1 amide bonds. The van der Waals surface area contributed by atoms with Gasteiger partial charge in [-0.3, -0.25) is 4.79 Å². The molecule has 0 fully saturated rings. The zero-order valence-corrected chi connectivity index (χ0v) is 11.8. The maximum absolute atomic E-state index is 13.4. The third-order valence-corrected chi connectivity index (χ3v) is 3.10. The number of halogens is 5. The molecule has 5 nitrogen and oxygen atoms in total. The van der Waals surface area contributed by atoms with Crippen LogP contribution in [0.25, 0.3) is 0 Å². The minimum atomic E-state index is -2.27. The van der Waals surface area contributed by atoms with Crippen molar-refractivity contribution in [2.24, 2.45) is 5.73 Å². The van der Waals surface area contributed by atoms with Crippen LogP contribution in [0.1, 0.15) is 12.0 Å². The molecular weight excluding hydrogens is 327 g/mol. The van der Waals surface area contributed by atoms with Crippen molar-refractivity contribution in [2.45, 2.75) is 25.0 Å². The quantitative estimate of drug-likeness (QED) is 0.321. The van der Waals surface area contributed by atoms with Gasteiger partial charge in [0.15, 0.2) is 23.3 Å². The zero-order chi connectivity index (χ0) is 17.7. The Balaban J connectivity index is 2.67. The molecule has 0 radical (unpaired) electrons. The molecule has 5 N–H and O–H groups in total. The summed E-state index contributed by atoms with van der Waals surface area (Å²) in [6.07, 6.45) is -3.93. The summed E-state index contributed by atoms with van der Waals surface area (Å²) in [5.41, 5.74) is 3.98. The van der Waals surface area contributed by atoms with Crippen LogP contribution in [0.5, 0.6) is 0 Å². The van der Waals surface area contributed by atoms with Gasteiger partial charge in [-0.05, 0) is 6.42 Å². The van der Waals surface area contributed by atoms with E-state index in [9.17, 15) is 31.9 Å². The Bertz CT molecular complexity index is 556. The molecule has 0 heterocycles. The Morgan fingerprint density at radius 1 is 0.957 bits per heavy atom. The Hall–Kier alpha value is -1.78. The monoisotopic (exact) mass is 342 g/mol. The molecule has 2 unspecified atom stereocenters. The number of hydrogen-bond acceptors (Lipinski definition) is 4. The molecule has 0 aliphatic rings. The van der Waals surface area contributed by atoms with Crippen molar-refractivity contribution < 1.29 is 37.0 Å². The Labute approximate surface area is 127 Å². The first-order valence-electron chi connectivity index (χ1n) is 6.53. The molecule has 1 rings (SSSR count). The highest BCUT2D eigenvalue weighted by Gasteiger charge is 2.25. The lowest BCUT2D eigenvalue weighted by Gasteiger charge is -2.16. The average Bonchev–Trinajstić information content (AvgIpc) is 2.55. The molecule has 0 bridgehead atoms. The molecule has 0 saturated heterocycles. The Morgan fingerprint density at radius 3 is 1.91 bits per heavy atom. The summed E-state index contributed by atoms with van der Waals surface area (Å²) in [7, 11) is 0. The van der Waals surface area contributed by atoms with Crippen LogP contribution in [0, 0.1) is 29.1 Å². The van der Waals surface area contributed by atoms with Gasteiger partial charge in [-0.15, -0.1) is 0 Å². The molecule has 130 valence electrons. The van der Waals surface area contributed by atoms with Crippen LogP contribution in [-0.2, 0) is 11.2 Å². The van der Waals surface area contributed by atoms with Gasteiger partial charge >= 0.3 is 0 Å². The number of nitrogens with two attached hydrogens (primary N) is 1. The van der Waals surface area contributed by atoms with Crippen molar-refractivity contribution in [1.82, 2.24) is 5.32 Å². The molecule has 1 aromatic rings. The maximum atomic E-state index is 13.4. The number of rotatable bonds is 7. The minimum absolute atomic E-state index is 0.248. The Morgan fingerprint density at radius 2 is 1.43 bits per heavy atom. The first-order valence-corrected chi connectivity index (χ1v) is 6.53. The lowest BCUT2D eigenvalue weighted by Crippen LogP contribution is -2.42. The van der Waals surface area contributed by atoms with Gasteiger partial charge in [0.1, 0.15) is 0 Å². The highest BCUT2D eigenvalue weighted by atomic mass is 19.2. The molecular formula is C13H15F5N2O3. The van der Waals surface area contributed by atoms with Gasteiger partial charge in [-0.25, -0.2) is 22.0 Å². The molecule has 0 aromatic heterocycles. The molecule has 0 saturated carbocycles. The van der Waals surface area contributed by atoms with Crippen molar-refractivity contribution >= 4 is 5.91 Å². The largest absolute Gasteiger partial charge is 0.389 e. The summed E-state index contributed by atoms with van der Waals surface area (Å²) in [4.78, 5) is 11.4. The fraction of sp³-hybridized carbons (Fsp3) is 0.462. The second-order valence-electron chi connectivity index (χ2n) is 4.72. The second kappa shape index (κ2) is 8.18. The SMILES string of the molecule is NCC(O)C(O)CNC(=O)CCc1c(F)c(F)c(F)c(F)c1F. The first-order chi connectivity index (χ1) is 10.7. The third-order valence-electron chi connectivity index (χ3n) is 3.10. The number of aliphatic hydroxyl groups excluding tert-OH is 2. The third kappa shape index (κ3) is 4.60. The number of carbonyl (C=O) groups excluding carboxylic acids is 1. The maximum Gasteiger partial charge on any atom is 0.220 e. The summed E-state index contributed by atoms with van der Waals surface area (Å²) in [5.74, 6) is -11.2. The smallest absolute Gasteiger partial charge is 0.220 e. The van der Waals surface area contributed by atoms with E-state index in [2.05, 4.69) is 5.32 Å². The number of carbonyl (C=O) groups is 1. The van der Waals surface area contributed by atoms with E-state index >= 15 is 0 Å². The summed E-state index contributed by atoms with van der Waals surface area (Å²) < 4.78 is 65.6. The van der Waals surface area contributed by atoms with E-state index in [-0.39, 0.29) is 13.1 Å². The van der Waals surface area contributed by atoms with Gasteiger partial charge < -0.3 is 21.3 Å².